The average Bonchev–Trinajstić information content (AvgIpc) is 2.42. The Morgan fingerprint density at radius 3 is 2.67 bits per heavy atom. The first-order valence-corrected chi connectivity index (χ1v) is 5.59. The van der Waals surface area contributed by atoms with Crippen LogP contribution in [0.4, 0.5) is 4.79 Å². The van der Waals surface area contributed by atoms with Crippen molar-refractivity contribution in [2.24, 2.45) is 0 Å². The Bertz CT molecular complexity index is 427. The Balaban J connectivity index is 2.47. The summed E-state index contributed by atoms with van der Waals surface area (Å²) < 4.78 is 16.6. The van der Waals surface area contributed by atoms with Gasteiger partial charge in [-0.1, -0.05) is 30.3 Å². The number of rotatable bonds is 5. The number of halogens is 1. The van der Waals surface area contributed by atoms with Gasteiger partial charge in [0.05, 0.1) is 13.0 Å². The molecule has 2 atom stereocenters. The minimum absolute atomic E-state index is 0.0610. The molecule has 0 heterocycles. The third kappa shape index (κ3) is 4.63. The first kappa shape index (κ1) is 12.7. The summed E-state index contributed by atoms with van der Waals surface area (Å²) in [6.07, 6.45) is -0.836. The lowest BCUT2D eigenvalue weighted by atomic mass is 10.2. The number of amides is 1. The fourth-order valence-corrected chi connectivity index (χ4v) is 1.33. The van der Waals surface area contributed by atoms with Crippen LogP contribution in [-0.4, -0.2) is 31.1 Å². The van der Waals surface area contributed by atoms with E-state index in [-0.39, 0.29) is 6.61 Å². The van der Waals surface area contributed by atoms with E-state index in [9.17, 15) is 9.59 Å². The molecule has 1 aromatic carbocycles. The van der Waals surface area contributed by atoms with E-state index < -0.39 is 24.0 Å². The van der Waals surface area contributed by atoms with Crippen molar-refractivity contribution in [3.8, 4) is 0 Å². The van der Waals surface area contributed by atoms with Gasteiger partial charge in [0.15, 0.2) is 0 Å². The molecule has 0 aliphatic rings. The number of methoxy groups -OCH3 is 1. The average molecular weight is 273 g/mol. The predicted octanol–water partition coefficient (Wildman–Crippen LogP) is 1.69. The van der Waals surface area contributed by atoms with E-state index in [2.05, 4.69) is 10.1 Å². The molecule has 1 amide bonds. The molecule has 6 heteroatoms. The topological polar surface area (TPSA) is 64.6 Å². The van der Waals surface area contributed by atoms with Gasteiger partial charge in [0.2, 0.25) is 0 Å². The molecule has 0 bridgehead atoms. The van der Waals surface area contributed by atoms with Gasteiger partial charge in [-0.25, -0.2) is 9.59 Å². The maximum atomic E-state index is 11.5. The van der Waals surface area contributed by atoms with Crippen molar-refractivity contribution in [1.82, 2.24) is 5.32 Å². The zero-order valence-corrected chi connectivity index (χ0v) is 10.5. The maximum absolute atomic E-state index is 11.5. The zero-order valence-electron chi connectivity index (χ0n) is 10.8. The van der Waals surface area contributed by atoms with Crippen molar-refractivity contribution in [2.75, 3.05) is 13.0 Å². The number of alkyl halides is 1. The minimum Gasteiger partial charge on any atom is -0.467 e. The van der Waals surface area contributed by atoms with Gasteiger partial charge in [0, 0.05) is 1.37 Å². The highest BCUT2D eigenvalue weighted by atomic mass is 35.5. The van der Waals surface area contributed by atoms with Crippen LogP contribution in [-0.2, 0) is 20.9 Å². The molecule has 0 aliphatic carbocycles. The third-order valence-electron chi connectivity index (χ3n) is 2.07. The molecule has 5 nitrogen and oxygen atoms in total. The lowest BCUT2D eigenvalue weighted by molar-refractivity contribution is -0.142. The summed E-state index contributed by atoms with van der Waals surface area (Å²) in [5.74, 6) is -2.15. The van der Waals surface area contributed by atoms with Gasteiger partial charge in [-0.3, -0.25) is 0 Å². The smallest absolute Gasteiger partial charge is 0.408 e. The Morgan fingerprint density at radius 1 is 1.44 bits per heavy atom. The quantitative estimate of drug-likeness (QED) is 0.654. The van der Waals surface area contributed by atoms with E-state index in [1.165, 1.54) is 0 Å². The van der Waals surface area contributed by atoms with Gasteiger partial charge in [-0.15, -0.1) is 11.6 Å². The normalized spacial score (nSPS) is 14.0. The fraction of sp³-hybridized carbons (Fsp3) is 0.333. The van der Waals surface area contributed by atoms with E-state index in [0.717, 1.165) is 12.7 Å². The molecule has 0 saturated heterocycles. The molecule has 0 radical (unpaired) electrons. The first-order valence-electron chi connectivity index (χ1n) is 5.73. The van der Waals surface area contributed by atoms with Gasteiger partial charge in [-0.05, 0) is 5.56 Å². The van der Waals surface area contributed by atoms with Crippen molar-refractivity contribution in [3.63, 3.8) is 0 Å². The number of esters is 1. The van der Waals surface area contributed by atoms with E-state index in [4.69, 9.17) is 17.7 Å². The maximum Gasteiger partial charge on any atom is 0.408 e. The van der Waals surface area contributed by atoms with E-state index >= 15 is 0 Å². The number of nitrogens with one attached hydrogen (secondary N) is 1. The van der Waals surface area contributed by atoms with E-state index in [1.807, 2.05) is 18.2 Å². The molecule has 1 rings (SSSR count). The molecule has 0 unspecified atom stereocenters. The highest BCUT2D eigenvalue weighted by Gasteiger charge is 2.20. The van der Waals surface area contributed by atoms with Gasteiger partial charge in [-0.2, -0.15) is 0 Å². The fourth-order valence-electron chi connectivity index (χ4n) is 1.16. The molecule has 0 fully saturated rings. The minimum atomic E-state index is -1.35. The highest BCUT2D eigenvalue weighted by Crippen LogP contribution is 2.01. The van der Waals surface area contributed by atoms with Crippen molar-refractivity contribution in [2.45, 2.75) is 12.6 Å². The molecule has 0 spiro atoms. The van der Waals surface area contributed by atoms with Crippen LogP contribution in [0.25, 0.3) is 0 Å². The molecule has 1 aromatic rings. The number of carbonyl (C=O) groups is 2. The zero-order chi connectivity index (χ0) is 14.3. The summed E-state index contributed by atoms with van der Waals surface area (Å²) in [6, 6.07) is 7.78. The number of ether oxygens (including phenoxy) is 2. The summed E-state index contributed by atoms with van der Waals surface area (Å²) in [5.41, 5.74) is 0.806. The summed E-state index contributed by atoms with van der Waals surface area (Å²) in [6.45, 7) is 0.0610. The Kier molecular flexibility index (Phi) is 5.33. The van der Waals surface area contributed by atoms with Crippen LogP contribution in [0, 0.1) is 0 Å². The molecular weight excluding hydrogens is 258 g/mol. The third-order valence-corrected chi connectivity index (χ3v) is 2.32. The summed E-state index contributed by atoms with van der Waals surface area (Å²) in [5, 5.41) is 2.18. The Hall–Kier alpha value is -1.75. The molecule has 0 aromatic heterocycles. The standard InChI is InChI=1S/C12H14ClNO4/c1-17-11(15)10(7-13)14-12(16)18-8-9-5-3-2-4-6-9/h2-6,10H,7-8H2,1H3,(H,14,16)/t10-/m0/s1/i7D/t7-,10-. The number of hydrogen-bond acceptors (Lipinski definition) is 4. The second kappa shape index (κ2) is 7.55. The summed E-state index contributed by atoms with van der Waals surface area (Å²) in [7, 11) is 1.14. The van der Waals surface area contributed by atoms with Crippen molar-refractivity contribution in [3.05, 3.63) is 35.9 Å². The monoisotopic (exact) mass is 272 g/mol. The number of hydrogen-bond donors (Lipinski definition) is 1. The van der Waals surface area contributed by atoms with Crippen LogP contribution >= 0.6 is 11.6 Å². The Morgan fingerprint density at radius 2 is 2.11 bits per heavy atom. The second-order valence-electron chi connectivity index (χ2n) is 3.33. The van der Waals surface area contributed by atoms with Crippen molar-refractivity contribution < 1.29 is 20.4 Å². The molecule has 1 N–H and O–H groups in total. The lowest BCUT2D eigenvalue weighted by Crippen LogP contribution is -2.43. The van der Waals surface area contributed by atoms with Crippen molar-refractivity contribution in [1.29, 1.82) is 0 Å². The van der Waals surface area contributed by atoms with Gasteiger partial charge in [0.1, 0.15) is 12.6 Å². The predicted molar refractivity (Wildman–Crippen MR) is 66.3 cm³/mol. The number of carbonyl (C=O) groups excluding carboxylic acids is 2. The van der Waals surface area contributed by atoms with Crippen LogP contribution in [0.3, 0.4) is 0 Å². The summed E-state index contributed by atoms with van der Waals surface area (Å²) >= 11 is 5.47. The van der Waals surface area contributed by atoms with Crippen molar-refractivity contribution >= 4 is 23.7 Å². The second-order valence-corrected chi connectivity index (χ2v) is 3.58. The SMILES string of the molecule is [2H][C@H](Cl)[C@H](NC(=O)OCc1ccccc1)C(=O)OC. The Labute approximate surface area is 111 Å². The molecule has 98 valence electrons. The van der Waals surface area contributed by atoms with Crippen LogP contribution in [0.1, 0.15) is 6.93 Å². The van der Waals surface area contributed by atoms with Gasteiger partial charge >= 0.3 is 12.1 Å². The largest absolute Gasteiger partial charge is 0.467 e. The van der Waals surface area contributed by atoms with Crippen LogP contribution in [0.15, 0.2) is 30.3 Å². The van der Waals surface area contributed by atoms with Crippen LogP contribution in [0.5, 0.6) is 0 Å². The molecule has 0 aliphatic heterocycles. The van der Waals surface area contributed by atoms with Gasteiger partial charge in [0.25, 0.3) is 0 Å². The van der Waals surface area contributed by atoms with Crippen LogP contribution < -0.4 is 5.32 Å². The van der Waals surface area contributed by atoms with Crippen LogP contribution in [0.2, 0.25) is 0 Å². The van der Waals surface area contributed by atoms with E-state index in [1.54, 1.807) is 12.1 Å². The number of benzene rings is 1. The molecule has 0 saturated carbocycles. The molecular formula is C12H14ClNO4. The highest BCUT2D eigenvalue weighted by molar-refractivity contribution is 6.19. The van der Waals surface area contributed by atoms with Gasteiger partial charge < -0.3 is 14.8 Å². The lowest BCUT2D eigenvalue weighted by Gasteiger charge is -2.13. The first-order chi connectivity index (χ1) is 9.04. The molecule has 18 heavy (non-hydrogen) atoms. The summed E-state index contributed by atoms with van der Waals surface area (Å²) in [4.78, 5) is 22.7. The van der Waals surface area contributed by atoms with E-state index in [0.29, 0.717) is 0 Å². The number of alkyl carbamates (subject to hydrolysis) is 1.